The third-order valence-electron chi connectivity index (χ3n) is 3.15. The summed E-state index contributed by atoms with van der Waals surface area (Å²) in [5, 5.41) is 0.821. The van der Waals surface area contributed by atoms with E-state index in [9.17, 15) is 0 Å². The Labute approximate surface area is 90.3 Å². The average molecular weight is 210 g/mol. The summed E-state index contributed by atoms with van der Waals surface area (Å²) in [6.45, 7) is 0. The highest BCUT2D eigenvalue weighted by Crippen LogP contribution is 2.33. The smallest absolute Gasteiger partial charge is 0.0408 e. The van der Waals surface area contributed by atoms with Crippen molar-refractivity contribution in [3.63, 3.8) is 0 Å². The van der Waals surface area contributed by atoms with Crippen molar-refractivity contribution in [3.8, 4) is 0 Å². The zero-order chi connectivity index (χ0) is 10.0. The molecule has 0 atom stereocenters. The summed E-state index contributed by atoms with van der Waals surface area (Å²) in [6, 6.07) is 8.06. The first kappa shape index (κ1) is 10.0. The third kappa shape index (κ3) is 2.28. The van der Waals surface area contributed by atoms with Crippen molar-refractivity contribution in [3.05, 3.63) is 34.9 Å². The molecule has 0 aromatic heterocycles. The minimum Gasteiger partial charge on any atom is -0.325 e. The molecular weight excluding hydrogens is 194 g/mol. The first-order valence-corrected chi connectivity index (χ1v) is 5.59. The molecule has 2 rings (SSSR count). The van der Waals surface area contributed by atoms with Gasteiger partial charge in [-0.05, 0) is 49.8 Å². The first-order chi connectivity index (χ1) is 6.68. The van der Waals surface area contributed by atoms with Crippen molar-refractivity contribution in [2.45, 2.75) is 37.6 Å². The van der Waals surface area contributed by atoms with Gasteiger partial charge in [0.2, 0.25) is 0 Å². The van der Waals surface area contributed by atoms with Crippen LogP contribution in [0.4, 0.5) is 0 Å². The van der Waals surface area contributed by atoms with Crippen molar-refractivity contribution in [2.75, 3.05) is 0 Å². The average Bonchev–Trinajstić information content (AvgIpc) is 2.12. The number of nitrogens with two attached hydrogens (primary N) is 1. The predicted octanol–water partition coefficient (Wildman–Crippen LogP) is 3.15. The highest BCUT2D eigenvalue weighted by molar-refractivity contribution is 6.30. The Kier molecular flexibility index (Phi) is 2.80. The van der Waals surface area contributed by atoms with Crippen LogP contribution in [0.5, 0.6) is 0 Å². The summed E-state index contributed by atoms with van der Waals surface area (Å²) >= 11 is 5.91. The maximum absolute atomic E-state index is 6.16. The largest absolute Gasteiger partial charge is 0.325 e. The number of benzene rings is 1. The molecule has 0 radical (unpaired) electrons. The molecule has 76 valence electrons. The lowest BCUT2D eigenvalue weighted by Crippen LogP contribution is -2.46. The molecule has 0 saturated heterocycles. The topological polar surface area (TPSA) is 26.0 Å². The van der Waals surface area contributed by atoms with Crippen LogP contribution in [0.25, 0.3) is 0 Å². The molecule has 1 saturated carbocycles. The second-order valence-electron chi connectivity index (χ2n) is 4.35. The summed E-state index contributed by atoms with van der Waals surface area (Å²) < 4.78 is 0. The van der Waals surface area contributed by atoms with Gasteiger partial charge in [-0.3, -0.25) is 0 Å². The maximum Gasteiger partial charge on any atom is 0.0408 e. The van der Waals surface area contributed by atoms with Crippen LogP contribution in [-0.2, 0) is 6.42 Å². The highest BCUT2D eigenvalue weighted by Gasteiger charge is 2.31. The summed E-state index contributed by atoms with van der Waals surface area (Å²) in [4.78, 5) is 0. The van der Waals surface area contributed by atoms with Gasteiger partial charge in [0.25, 0.3) is 0 Å². The molecule has 1 nitrogen and oxygen atoms in total. The fourth-order valence-electron chi connectivity index (χ4n) is 1.97. The lowest BCUT2D eigenvalue weighted by Gasteiger charge is -2.38. The second kappa shape index (κ2) is 3.92. The summed E-state index contributed by atoms with van der Waals surface area (Å²) in [7, 11) is 0. The lowest BCUT2D eigenvalue weighted by molar-refractivity contribution is 0.232. The van der Waals surface area contributed by atoms with Crippen LogP contribution in [0.3, 0.4) is 0 Å². The fourth-order valence-corrected chi connectivity index (χ4v) is 2.18. The van der Waals surface area contributed by atoms with E-state index < -0.39 is 0 Å². The Balaban J connectivity index is 1.91. The van der Waals surface area contributed by atoms with E-state index in [4.69, 9.17) is 17.3 Å². The van der Waals surface area contributed by atoms with E-state index in [1.807, 2.05) is 18.2 Å². The summed E-state index contributed by atoms with van der Waals surface area (Å²) in [6.07, 6.45) is 5.82. The molecule has 0 heterocycles. The molecule has 0 unspecified atom stereocenters. The molecule has 2 N–H and O–H groups in total. The number of aryl methyl sites for hydroxylation is 1. The zero-order valence-corrected chi connectivity index (χ0v) is 9.06. The molecule has 0 amide bonds. The number of rotatable bonds is 3. The first-order valence-electron chi connectivity index (χ1n) is 5.21. The number of hydrogen-bond acceptors (Lipinski definition) is 1. The van der Waals surface area contributed by atoms with Crippen LogP contribution in [0.15, 0.2) is 24.3 Å². The van der Waals surface area contributed by atoms with E-state index in [2.05, 4.69) is 6.07 Å². The van der Waals surface area contributed by atoms with Crippen LogP contribution in [0.2, 0.25) is 5.02 Å². The van der Waals surface area contributed by atoms with E-state index in [0.29, 0.717) is 0 Å². The summed E-state index contributed by atoms with van der Waals surface area (Å²) in [5.41, 5.74) is 7.58. The Bertz CT molecular complexity index is 318. The molecule has 2 heteroatoms. The van der Waals surface area contributed by atoms with E-state index in [0.717, 1.165) is 17.9 Å². The molecule has 0 bridgehead atoms. The normalized spacial score (nSPS) is 19.0. The van der Waals surface area contributed by atoms with E-state index in [-0.39, 0.29) is 5.54 Å². The van der Waals surface area contributed by atoms with E-state index >= 15 is 0 Å². The third-order valence-corrected chi connectivity index (χ3v) is 3.39. The molecule has 1 aromatic carbocycles. The molecule has 1 aliphatic rings. The van der Waals surface area contributed by atoms with Gasteiger partial charge in [-0.15, -0.1) is 0 Å². The molecule has 1 aliphatic carbocycles. The van der Waals surface area contributed by atoms with Gasteiger partial charge in [0.1, 0.15) is 0 Å². The minimum atomic E-state index is 0.127. The lowest BCUT2D eigenvalue weighted by atomic mass is 9.74. The van der Waals surface area contributed by atoms with Crippen molar-refractivity contribution in [1.82, 2.24) is 0 Å². The van der Waals surface area contributed by atoms with Gasteiger partial charge >= 0.3 is 0 Å². The Morgan fingerprint density at radius 3 is 2.71 bits per heavy atom. The number of halogens is 1. The molecular formula is C12H16ClN. The van der Waals surface area contributed by atoms with Crippen molar-refractivity contribution in [2.24, 2.45) is 5.73 Å². The van der Waals surface area contributed by atoms with Gasteiger partial charge in [-0.2, -0.15) is 0 Å². The zero-order valence-electron chi connectivity index (χ0n) is 8.30. The van der Waals surface area contributed by atoms with Gasteiger partial charge in [-0.25, -0.2) is 0 Å². The Morgan fingerprint density at radius 2 is 2.14 bits per heavy atom. The number of hydrogen-bond donors (Lipinski definition) is 1. The van der Waals surface area contributed by atoms with Crippen molar-refractivity contribution >= 4 is 11.6 Å². The van der Waals surface area contributed by atoms with Crippen molar-refractivity contribution in [1.29, 1.82) is 0 Å². The van der Waals surface area contributed by atoms with Crippen LogP contribution in [-0.4, -0.2) is 5.54 Å². The predicted molar refractivity (Wildman–Crippen MR) is 60.5 cm³/mol. The van der Waals surface area contributed by atoms with E-state index in [1.54, 1.807) is 0 Å². The highest BCUT2D eigenvalue weighted by atomic mass is 35.5. The van der Waals surface area contributed by atoms with Crippen molar-refractivity contribution < 1.29 is 0 Å². The molecule has 14 heavy (non-hydrogen) atoms. The monoisotopic (exact) mass is 209 g/mol. The maximum atomic E-state index is 6.16. The van der Waals surface area contributed by atoms with Gasteiger partial charge in [-0.1, -0.05) is 23.7 Å². The van der Waals surface area contributed by atoms with E-state index in [1.165, 1.54) is 24.8 Å². The van der Waals surface area contributed by atoms with Crippen LogP contribution in [0, 0.1) is 0 Å². The fraction of sp³-hybridized carbons (Fsp3) is 0.500. The second-order valence-corrected chi connectivity index (χ2v) is 4.78. The summed E-state index contributed by atoms with van der Waals surface area (Å²) in [5.74, 6) is 0. The molecule has 0 aliphatic heterocycles. The Hall–Kier alpha value is -0.530. The van der Waals surface area contributed by atoms with Gasteiger partial charge in [0.05, 0.1) is 0 Å². The van der Waals surface area contributed by atoms with Crippen LogP contribution >= 0.6 is 11.6 Å². The van der Waals surface area contributed by atoms with Crippen LogP contribution < -0.4 is 5.73 Å². The van der Waals surface area contributed by atoms with Crippen LogP contribution in [0.1, 0.15) is 31.2 Å². The SMILES string of the molecule is NC1(CCc2cccc(Cl)c2)CCC1. The molecule has 0 spiro atoms. The quantitative estimate of drug-likeness (QED) is 0.813. The van der Waals surface area contributed by atoms with Gasteiger partial charge < -0.3 is 5.73 Å². The molecule has 1 aromatic rings. The van der Waals surface area contributed by atoms with Gasteiger partial charge in [0, 0.05) is 10.6 Å². The molecule has 1 fully saturated rings. The minimum absolute atomic E-state index is 0.127. The standard InChI is InChI=1S/C12H16ClN/c13-11-4-1-3-10(9-11)5-8-12(14)6-2-7-12/h1,3-4,9H,2,5-8,14H2. The Morgan fingerprint density at radius 1 is 1.36 bits per heavy atom. The van der Waals surface area contributed by atoms with Gasteiger partial charge in [0.15, 0.2) is 0 Å².